The number of fused-ring (bicyclic) bond motifs is 1. The third-order valence-corrected chi connectivity index (χ3v) is 4.96. The summed E-state index contributed by atoms with van der Waals surface area (Å²) >= 11 is 0. The van der Waals surface area contributed by atoms with E-state index in [2.05, 4.69) is 18.2 Å². The molecule has 3 heteroatoms. The average molecular weight is 275 g/mol. The lowest BCUT2D eigenvalue weighted by Crippen LogP contribution is -2.45. The molecule has 21 heavy (non-hydrogen) atoms. The maximum Gasteiger partial charge on any atom is 0.325 e. The van der Waals surface area contributed by atoms with Gasteiger partial charge < -0.3 is 5.11 Å². The van der Waals surface area contributed by atoms with Gasteiger partial charge in [0.15, 0.2) is 5.41 Å². The molecule has 1 atom stereocenters. The summed E-state index contributed by atoms with van der Waals surface area (Å²) in [5.41, 5.74) is 2.99. The van der Waals surface area contributed by atoms with Crippen LogP contribution in [0.1, 0.15) is 40.5 Å². The Morgan fingerprint density at radius 2 is 1.52 bits per heavy atom. The number of rotatable bonds is 1. The molecule has 0 saturated carbocycles. The van der Waals surface area contributed by atoms with Gasteiger partial charge in [-0.2, -0.15) is 5.26 Å². The quantitative estimate of drug-likeness (QED) is 0.869. The monoisotopic (exact) mass is 275 g/mol. The Bertz CT molecular complexity index is 757. The van der Waals surface area contributed by atoms with Gasteiger partial charge in [-0.25, -0.2) is 0 Å². The van der Waals surface area contributed by atoms with Gasteiger partial charge in [-0.15, -0.1) is 0 Å². The van der Waals surface area contributed by atoms with Crippen LogP contribution in [0.2, 0.25) is 0 Å². The number of carboxylic acids is 1. The summed E-state index contributed by atoms with van der Waals surface area (Å²) in [5.74, 6) is -1.39. The summed E-state index contributed by atoms with van der Waals surface area (Å²) in [6.07, 6.45) is 0.359. The van der Waals surface area contributed by atoms with Crippen LogP contribution in [-0.4, -0.2) is 11.1 Å². The predicted molar refractivity (Wildman–Crippen MR) is 76.9 cm³/mol. The van der Waals surface area contributed by atoms with Crippen LogP contribution < -0.4 is 0 Å². The molecule has 2 bridgehead atoms. The molecule has 0 fully saturated rings. The molecule has 3 aliphatic carbocycles. The highest BCUT2D eigenvalue weighted by molar-refractivity contribution is 5.83. The molecule has 0 aliphatic heterocycles. The molecule has 0 unspecified atom stereocenters. The third-order valence-electron chi connectivity index (χ3n) is 4.96. The second-order valence-electron chi connectivity index (χ2n) is 5.84. The van der Waals surface area contributed by atoms with Gasteiger partial charge in [0.25, 0.3) is 0 Å². The van der Waals surface area contributed by atoms with Crippen molar-refractivity contribution in [1.29, 1.82) is 5.26 Å². The van der Waals surface area contributed by atoms with Gasteiger partial charge in [0.1, 0.15) is 0 Å². The van der Waals surface area contributed by atoms with Crippen molar-refractivity contribution in [1.82, 2.24) is 0 Å². The van der Waals surface area contributed by atoms with Crippen LogP contribution in [0.3, 0.4) is 0 Å². The van der Waals surface area contributed by atoms with Crippen LogP contribution in [0.5, 0.6) is 0 Å². The minimum Gasteiger partial charge on any atom is -0.480 e. The number of carbonyl (C=O) groups is 1. The first kappa shape index (κ1) is 12.2. The van der Waals surface area contributed by atoms with E-state index >= 15 is 0 Å². The van der Waals surface area contributed by atoms with E-state index in [1.165, 1.54) is 11.1 Å². The molecule has 3 nitrogen and oxygen atoms in total. The minimum absolute atomic E-state index is 0.00171. The molecule has 0 saturated heterocycles. The number of carboxylic acid groups (broad SMARTS) is 1. The molecule has 0 amide bonds. The molecular weight excluding hydrogens is 262 g/mol. The Balaban J connectivity index is 2.08. The second-order valence-corrected chi connectivity index (χ2v) is 5.84. The van der Waals surface area contributed by atoms with Crippen molar-refractivity contribution in [2.24, 2.45) is 5.41 Å². The molecule has 1 N–H and O–H groups in total. The van der Waals surface area contributed by atoms with Crippen LogP contribution in [0.4, 0.5) is 0 Å². The molecule has 0 spiro atoms. The topological polar surface area (TPSA) is 61.1 Å². The van der Waals surface area contributed by atoms with Crippen LogP contribution in [0.15, 0.2) is 48.5 Å². The highest BCUT2D eigenvalue weighted by Gasteiger charge is 2.57. The normalized spacial score (nSPS) is 28.3. The SMILES string of the molecule is N#C[C@@]1(C(=O)O)CC2c3ccccc3C1c1ccccc12. The van der Waals surface area contributed by atoms with Crippen molar-refractivity contribution in [3.63, 3.8) is 0 Å². The van der Waals surface area contributed by atoms with Gasteiger partial charge in [0.05, 0.1) is 6.07 Å². The Morgan fingerprint density at radius 3 is 1.95 bits per heavy atom. The summed E-state index contributed by atoms with van der Waals surface area (Å²) < 4.78 is 0. The lowest BCUT2D eigenvalue weighted by atomic mass is 9.52. The van der Waals surface area contributed by atoms with Crippen molar-refractivity contribution in [2.45, 2.75) is 18.3 Å². The molecule has 0 aromatic heterocycles. The van der Waals surface area contributed by atoms with Gasteiger partial charge in [-0.3, -0.25) is 4.79 Å². The number of hydrogen-bond donors (Lipinski definition) is 1. The van der Waals surface area contributed by atoms with E-state index in [0.717, 1.165) is 11.1 Å². The Hall–Kier alpha value is -2.60. The van der Waals surface area contributed by atoms with E-state index in [1.54, 1.807) is 0 Å². The van der Waals surface area contributed by atoms with Crippen molar-refractivity contribution in [3.8, 4) is 6.07 Å². The predicted octanol–water partition coefficient (Wildman–Crippen LogP) is 3.26. The van der Waals surface area contributed by atoms with E-state index in [9.17, 15) is 15.2 Å². The summed E-state index contributed by atoms with van der Waals surface area (Å²) in [6.45, 7) is 0. The zero-order valence-electron chi connectivity index (χ0n) is 11.3. The van der Waals surface area contributed by atoms with Crippen LogP contribution in [0.25, 0.3) is 0 Å². The summed E-state index contributed by atoms with van der Waals surface area (Å²) in [7, 11) is 0. The highest BCUT2D eigenvalue weighted by atomic mass is 16.4. The first-order valence-electron chi connectivity index (χ1n) is 7.01. The molecular formula is C18H13NO2. The average Bonchev–Trinajstić information content (AvgIpc) is 2.54. The van der Waals surface area contributed by atoms with E-state index in [0.29, 0.717) is 6.42 Å². The third kappa shape index (κ3) is 1.34. The summed E-state index contributed by atoms with van der Waals surface area (Å²) in [6, 6.07) is 18.0. The van der Waals surface area contributed by atoms with Crippen LogP contribution in [0, 0.1) is 16.7 Å². The van der Waals surface area contributed by atoms with Crippen molar-refractivity contribution in [3.05, 3.63) is 70.8 Å². The van der Waals surface area contributed by atoms with Crippen molar-refractivity contribution >= 4 is 5.97 Å². The fraction of sp³-hybridized carbons (Fsp3) is 0.222. The molecule has 3 aliphatic rings. The number of benzene rings is 2. The maximum atomic E-state index is 11.9. The van der Waals surface area contributed by atoms with Crippen molar-refractivity contribution in [2.75, 3.05) is 0 Å². The van der Waals surface area contributed by atoms with E-state index in [1.807, 2.05) is 36.4 Å². The lowest BCUT2D eigenvalue weighted by molar-refractivity contribution is -0.147. The minimum atomic E-state index is -1.35. The van der Waals surface area contributed by atoms with Gasteiger partial charge in [-0.05, 0) is 28.7 Å². The Kier molecular flexibility index (Phi) is 2.29. The van der Waals surface area contributed by atoms with E-state index in [-0.39, 0.29) is 11.8 Å². The fourth-order valence-electron chi connectivity index (χ4n) is 4.08. The summed E-state index contributed by atoms with van der Waals surface area (Å²) in [4.78, 5) is 11.9. The molecule has 0 heterocycles. The van der Waals surface area contributed by atoms with Gasteiger partial charge in [0.2, 0.25) is 0 Å². The number of aliphatic carboxylic acids is 1. The van der Waals surface area contributed by atoms with Crippen molar-refractivity contribution < 1.29 is 9.90 Å². The molecule has 102 valence electrons. The molecule has 2 aromatic carbocycles. The van der Waals surface area contributed by atoms with Crippen LogP contribution >= 0.6 is 0 Å². The van der Waals surface area contributed by atoms with Crippen LogP contribution in [-0.2, 0) is 4.79 Å². The number of nitrogens with zero attached hydrogens (tertiary/aromatic N) is 1. The van der Waals surface area contributed by atoms with Gasteiger partial charge in [-0.1, -0.05) is 48.5 Å². The van der Waals surface area contributed by atoms with E-state index in [4.69, 9.17) is 0 Å². The Morgan fingerprint density at radius 1 is 1.05 bits per heavy atom. The molecule has 0 radical (unpaired) electrons. The number of nitriles is 1. The fourth-order valence-corrected chi connectivity index (χ4v) is 4.08. The molecule has 5 rings (SSSR count). The standard InChI is InChI=1S/C18H13NO2/c19-10-18(17(20)21)9-15-11-5-1-3-7-13(11)16(18)14-8-4-2-6-12(14)15/h1-8,15-16H,9H2,(H,20,21)/t15?,16?,18-/m0/s1. The van der Waals surface area contributed by atoms with Gasteiger partial charge >= 0.3 is 5.97 Å². The smallest absolute Gasteiger partial charge is 0.325 e. The largest absolute Gasteiger partial charge is 0.480 e. The first-order valence-corrected chi connectivity index (χ1v) is 7.01. The zero-order chi connectivity index (χ0) is 14.6. The van der Waals surface area contributed by atoms with E-state index < -0.39 is 11.4 Å². The Labute approximate surface area is 122 Å². The summed E-state index contributed by atoms with van der Waals surface area (Å²) in [5, 5.41) is 19.4. The lowest BCUT2D eigenvalue weighted by Gasteiger charge is -2.47. The highest BCUT2D eigenvalue weighted by Crippen LogP contribution is 2.60. The first-order chi connectivity index (χ1) is 10.2. The van der Waals surface area contributed by atoms with Gasteiger partial charge in [0, 0.05) is 11.8 Å². The number of hydrogen-bond acceptors (Lipinski definition) is 2. The second kappa shape index (κ2) is 3.95. The maximum absolute atomic E-state index is 11.9. The zero-order valence-corrected chi connectivity index (χ0v) is 11.3. The molecule has 2 aromatic rings.